The monoisotopic (exact) mass is 706 g/mol. The number of nitrogens with zero attached hydrogens (tertiary/aromatic N) is 1. The molecule has 0 aliphatic carbocycles. The zero-order valence-corrected chi connectivity index (χ0v) is 27.9. The molecule has 11 heteroatoms. The third kappa shape index (κ3) is 7.92. The number of hydrogen-bond acceptors (Lipinski definition) is 4. The summed E-state index contributed by atoms with van der Waals surface area (Å²) in [6.07, 6.45) is 0.386. The lowest BCUT2D eigenvalue weighted by Crippen LogP contribution is -2.45. The van der Waals surface area contributed by atoms with Gasteiger partial charge in [0.05, 0.1) is 24.0 Å². The molecule has 0 radical (unpaired) electrons. The standard InChI is InChI=1S/C38H34F4N2O3S2/c39-32-18-16-27(17-19-32)23-43-49(45,46)44-24-34(21-33(44)26-47-25-28-20-36(41)37(42)22-35(28)40)48-38(29-10-4-1-5-11-29,30-12-6-2-7-13-30)31-14-8-3-9-15-31/h1-20,22,33-34,43H,21,23-26H2/t33-,34+/m0/s1. The second kappa shape index (κ2) is 15.3. The van der Waals surface area contributed by atoms with Crippen molar-refractivity contribution in [3.8, 4) is 0 Å². The minimum absolute atomic E-state index is 0.0629. The SMILES string of the molecule is O=S(=O)(NCc1ccc(F)cc1)N1C[C@H](SC(c2ccccc2)(c2ccccc2)c2ccccc2)C[C@H]1COCc1cc(F)c(F)cc1F. The molecule has 5 nitrogen and oxygen atoms in total. The van der Waals surface area contributed by atoms with Crippen molar-refractivity contribution in [2.24, 2.45) is 0 Å². The Kier molecular flexibility index (Phi) is 10.9. The first-order chi connectivity index (χ1) is 23.7. The lowest BCUT2D eigenvalue weighted by molar-refractivity contribution is 0.0849. The van der Waals surface area contributed by atoms with Gasteiger partial charge in [-0.3, -0.25) is 0 Å². The van der Waals surface area contributed by atoms with Crippen LogP contribution in [0.3, 0.4) is 0 Å². The van der Waals surface area contributed by atoms with E-state index in [4.69, 9.17) is 4.74 Å². The highest BCUT2D eigenvalue weighted by Crippen LogP contribution is 2.52. The van der Waals surface area contributed by atoms with E-state index in [0.29, 0.717) is 18.1 Å². The molecule has 254 valence electrons. The largest absolute Gasteiger partial charge is 0.375 e. The summed E-state index contributed by atoms with van der Waals surface area (Å²) in [6, 6.07) is 36.2. The zero-order chi connectivity index (χ0) is 34.4. The van der Waals surface area contributed by atoms with Crippen molar-refractivity contribution in [2.75, 3.05) is 13.2 Å². The van der Waals surface area contributed by atoms with Gasteiger partial charge in [-0.25, -0.2) is 17.6 Å². The Balaban J connectivity index is 1.32. The van der Waals surface area contributed by atoms with E-state index in [-0.39, 0.29) is 37.1 Å². The van der Waals surface area contributed by atoms with Crippen LogP contribution in [0.5, 0.6) is 0 Å². The molecule has 5 aromatic carbocycles. The van der Waals surface area contributed by atoms with Crippen molar-refractivity contribution in [3.05, 3.63) is 178 Å². The van der Waals surface area contributed by atoms with Crippen molar-refractivity contribution in [1.29, 1.82) is 0 Å². The first-order valence-electron chi connectivity index (χ1n) is 15.7. The third-order valence-corrected chi connectivity index (χ3v) is 11.9. The van der Waals surface area contributed by atoms with E-state index in [1.807, 2.05) is 54.6 Å². The Bertz CT molecular complexity index is 1860. The van der Waals surface area contributed by atoms with Crippen LogP contribution >= 0.6 is 11.8 Å². The van der Waals surface area contributed by atoms with Gasteiger partial charge in [-0.05, 0) is 46.9 Å². The molecule has 0 unspecified atom stereocenters. The van der Waals surface area contributed by atoms with Crippen LogP contribution in [0.2, 0.25) is 0 Å². The van der Waals surface area contributed by atoms with Gasteiger partial charge >= 0.3 is 0 Å². The topological polar surface area (TPSA) is 58.6 Å². The number of ether oxygens (including phenoxy) is 1. The summed E-state index contributed by atoms with van der Waals surface area (Å²) in [5.74, 6) is -3.90. The zero-order valence-electron chi connectivity index (χ0n) is 26.3. The number of halogens is 4. The Morgan fingerprint density at radius 3 is 1.82 bits per heavy atom. The van der Waals surface area contributed by atoms with Crippen LogP contribution in [-0.4, -0.2) is 37.2 Å². The van der Waals surface area contributed by atoms with Crippen molar-refractivity contribution in [1.82, 2.24) is 9.03 Å². The maximum absolute atomic E-state index is 14.4. The molecule has 1 fully saturated rings. The average molecular weight is 707 g/mol. The van der Waals surface area contributed by atoms with E-state index < -0.39 is 44.3 Å². The van der Waals surface area contributed by atoms with Crippen LogP contribution in [0, 0.1) is 23.3 Å². The summed E-state index contributed by atoms with van der Waals surface area (Å²) >= 11 is 1.65. The Labute approximate surface area is 288 Å². The molecule has 1 aliphatic rings. The number of thioether (sulfide) groups is 1. The average Bonchev–Trinajstić information content (AvgIpc) is 3.53. The fourth-order valence-corrected chi connectivity index (χ4v) is 9.58. The van der Waals surface area contributed by atoms with Crippen molar-refractivity contribution < 1.29 is 30.7 Å². The fourth-order valence-electron chi connectivity index (χ4n) is 6.19. The van der Waals surface area contributed by atoms with Crippen LogP contribution in [0.15, 0.2) is 127 Å². The summed E-state index contributed by atoms with van der Waals surface area (Å²) < 4.78 is 92.1. The van der Waals surface area contributed by atoms with Crippen LogP contribution in [0.25, 0.3) is 0 Å². The molecule has 5 aromatic rings. The number of hydrogen-bond donors (Lipinski definition) is 1. The molecule has 1 saturated heterocycles. The van der Waals surface area contributed by atoms with E-state index in [9.17, 15) is 26.0 Å². The van der Waals surface area contributed by atoms with Gasteiger partial charge in [-0.15, -0.1) is 11.8 Å². The number of benzene rings is 5. The van der Waals surface area contributed by atoms with E-state index >= 15 is 0 Å². The predicted octanol–water partition coefficient (Wildman–Crippen LogP) is 7.96. The van der Waals surface area contributed by atoms with Gasteiger partial charge in [-0.1, -0.05) is 103 Å². The minimum atomic E-state index is -4.10. The third-order valence-electron chi connectivity index (χ3n) is 8.55. The quantitative estimate of drug-likeness (QED) is 0.0767. The van der Waals surface area contributed by atoms with Gasteiger partial charge in [0.2, 0.25) is 0 Å². The molecular weight excluding hydrogens is 673 g/mol. The lowest BCUT2D eigenvalue weighted by Gasteiger charge is -2.37. The lowest BCUT2D eigenvalue weighted by atomic mass is 9.84. The van der Waals surface area contributed by atoms with Gasteiger partial charge in [0, 0.05) is 30.0 Å². The summed E-state index contributed by atoms with van der Waals surface area (Å²) in [5, 5.41) is -0.239. The Hall–Kier alpha value is -4.00. The molecule has 0 spiro atoms. The van der Waals surface area contributed by atoms with Gasteiger partial charge in [-0.2, -0.15) is 17.4 Å². The summed E-state index contributed by atoms with van der Waals surface area (Å²) in [6.45, 7) is -0.435. The normalized spacial score (nSPS) is 17.0. The first-order valence-corrected chi connectivity index (χ1v) is 18.0. The molecular formula is C38H34F4N2O3S2. The molecule has 0 aromatic heterocycles. The fraction of sp³-hybridized carbons (Fsp3) is 0.211. The molecule has 0 saturated carbocycles. The second-order valence-corrected chi connectivity index (χ2v) is 15.0. The molecule has 0 amide bonds. The molecule has 6 rings (SSSR count). The van der Waals surface area contributed by atoms with E-state index in [0.717, 1.165) is 22.8 Å². The smallest absolute Gasteiger partial charge is 0.280 e. The molecule has 2 atom stereocenters. The highest BCUT2D eigenvalue weighted by atomic mass is 32.2. The van der Waals surface area contributed by atoms with Gasteiger partial charge in [0.1, 0.15) is 11.6 Å². The van der Waals surface area contributed by atoms with Gasteiger partial charge in [0.15, 0.2) is 11.6 Å². The van der Waals surface area contributed by atoms with Crippen LogP contribution in [0.1, 0.15) is 34.2 Å². The van der Waals surface area contributed by atoms with Crippen molar-refractivity contribution >= 4 is 22.0 Å². The Morgan fingerprint density at radius 1 is 0.735 bits per heavy atom. The summed E-state index contributed by atoms with van der Waals surface area (Å²) in [7, 11) is -4.10. The molecule has 1 aliphatic heterocycles. The molecule has 1 N–H and O–H groups in total. The van der Waals surface area contributed by atoms with E-state index in [1.165, 1.54) is 28.6 Å². The maximum Gasteiger partial charge on any atom is 0.280 e. The minimum Gasteiger partial charge on any atom is -0.375 e. The van der Waals surface area contributed by atoms with Gasteiger partial charge < -0.3 is 4.74 Å². The number of rotatable bonds is 13. The predicted molar refractivity (Wildman–Crippen MR) is 184 cm³/mol. The van der Waals surface area contributed by atoms with Crippen molar-refractivity contribution in [3.63, 3.8) is 0 Å². The molecule has 0 bridgehead atoms. The Morgan fingerprint density at radius 2 is 1.27 bits per heavy atom. The first kappa shape index (κ1) is 34.8. The second-order valence-electron chi connectivity index (χ2n) is 11.8. The van der Waals surface area contributed by atoms with Crippen LogP contribution in [0.4, 0.5) is 17.6 Å². The molecule has 1 heterocycles. The van der Waals surface area contributed by atoms with E-state index in [2.05, 4.69) is 41.1 Å². The molecule has 49 heavy (non-hydrogen) atoms. The number of nitrogens with one attached hydrogen (secondary N) is 1. The van der Waals surface area contributed by atoms with E-state index in [1.54, 1.807) is 11.8 Å². The summed E-state index contributed by atoms with van der Waals surface area (Å²) in [4.78, 5) is 0. The highest BCUT2D eigenvalue weighted by Gasteiger charge is 2.46. The maximum atomic E-state index is 14.4. The van der Waals surface area contributed by atoms with Crippen LogP contribution in [-0.2, 0) is 32.8 Å². The highest BCUT2D eigenvalue weighted by molar-refractivity contribution is 8.01. The summed E-state index contributed by atoms with van der Waals surface area (Å²) in [5.41, 5.74) is 3.47. The van der Waals surface area contributed by atoms with Gasteiger partial charge in [0.25, 0.3) is 10.2 Å². The van der Waals surface area contributed by atoms with Crippen molar-refractivity contribution in [2.45, 2.75) is 35.6 Å². The van der Waals surface area contributed by atoms with Crippen LogP contribution < -0.4 is 4.72 Å².